The van der Waals surface area contributed by atoms with Crippen molar-refractivity contribution < 1.29 is 9.47 Å². The largest absolute Gasteiger partial charge is 0.497 e. The van der Waals surface area contributed by atoms with Crippen LogP contribution in [0.3, 0.4) is 0 Å². The van der Waals surface area contributed by atoms with E-state index in [-0.39, 0.29) is 12.2 Å². The van der Waals surface area contributed by atoms with E-state index >= 15 is 0 Å². The number of nitrogens with two attached hydrogens (primary N) is 1. The van der Waals surface area contributed by atoms with Crippen LogP contribution in [0.25, 0.3) is 0 Å². The number of methoxy groups -OCH3 is 1. The zero-order valence-corrected chi connectivity index (χ0v) is 12.5. The van der Waals surface area contributed by atoms with E-state index in [2.05, 4.69) is 12.1 Å². The van der Waals surface area contributed by atoms with E-state index in [0.29, 0.717) is 13.2 Å². The highest BCUT2D eigenvalue weighted by Crippen LogP contribution is 2.18. The fraction of sp³-hybridized carbons (Fsp3) is 0.294. The van der Waals surface area contributed by atoms with Crippen molar-refractivity contribution >= 4 is 0 Å². The maximum atomic E-state index is 6.15. The Morgan fingerprint density at radius 3 is 2.29 bits per heavy atom. The molecule has 2 aromatic rings. The molecule has 0 aliphatic carbocycles. The first-order valence-electron chi connectivity index (χ1n) is 6.81. The predicted octanol–water partition coefficient (Wildman–Crippen LogP) is 3.46. The van der Waals surface area contributed by atoms with Crippen molar-refractivity contribution in [2.24, 2.45) is 5.73 Å². The van der Waals surface area contributed by atoms with E-state index in [1.807, 2.05) is 42.5 Å². The van der Waals surface area contributed by atoms with E-state index in [0.717, 1.165) is 17.7 Å². The SMILES string of the molecule is COc1ccc([C@H](N)CCOCc2ccccc2)cc1.N. The van der Waals surface area contributed by atoms with E-state index in [9.17, 15) is 0 Å². The first kappa shape index (κ1) is 17.2. The van der Waals surface area contributed by atoms with Gasteiger partial charge >= 0.3 is 0 Å². The molecule has 4 heteroatoms. The predicted molar refractivity (Wildman–Crippen MR) is 85.7 cm³/mol. The summed E-state index contributed by atoms with van der Waals surface area (Å²) in [6.45, 7) is 1.29. The lowest BCUT2D eigenvalue weighted by molar-refractivity contribution is 0.114. The Kier molecular flexibility index (Phi) is 7.46. The molecule has 0 aliphatic heterocycles. The fourth-order valence-electron chi connectivity index (χ4n) is 1.99. The second kappa shape index (κ2) is 9.13. The lowest BCUT2D eigenvalue weighted by Crippen LogP contribution is -2.13. The molecule has 0 aliphatic rings. The molecule has 4 nitrogen and oxygen atoms in total. The van der Waals surface area contributed by atoms with Crippen LogP contribution in [0, 0.1) is 0 Å². The Labute approximate surface area is 126 Å². The molecule has 114 valence electrons. The van der Waals surface area contributed by atoms with Gasteiger partial charge in [-0.25, -0.2) is 0 Å². The zero-order chi connectivity index (χ0) is 14.2. The van der Waals surface area contributed by atoms with Crippen LogP contribution in [0.1, 0.15) is 23.6 Å². The van der Waals surface area contributed by atoms with Crippen molar-refractivity contribution in [1.82, 2.24) is 6.15 Å². The van der Waals surface area contributed by atoms with Crippen molar-refractivity contribution in [2.45, 2.75) is 19.1 Å². The highest BCUT2D eigenvalue weighted by molar-refractivity contribution is 5.28. The number of benzene rings is 2. The van der Waals surface area contributed by atoms with E-state index in [1.165, 1.54) is 5.56 Å². The Hall–Kier alpha value is -1.88. The Balaban J connectivity index is 0.00000220. The molecule has 0 radical (unpaired) electrons. The van der Waals surface area contributed by atoms with Crippen molar-refractivity contribution in [3.05, 3.63) is 65.7 Å². The minimum Gasteiger partial charge on any atom is -0.497 e. The highest BCUT2D eigenvalue weighted by atomic mass is 16.5. The molecular weight excluding hydrogens is 264 g/mol. The van der Waals surface area contributed by atoms with Crippen LogP contribution in [0.5, 0.6) is 5.75 Å². The van der Waals surface area contributed by atoms with Crippen LogP contribution >= 0.6 is 0 Å². The standard InChI is InChI=1S/C17H21NO2.H3N/c1-19-16-9-7-15(8-10-16)17(18)11-12-20-13-14-5-3-2-4-6-14;/h2-10,17H,11-13,18H2,1H3;1H3/t17-;/m1./s1. The summed E-state index contributed by atoms with van der Waals surface area (Å²) in [4.78, 5) is 0. The van der Waals surface area contributed by atoms with Gasteiger partial charge in [0, 0.05) is 12.6 Å². The molecule has 1 atom stereocenters. The first-order chi connectivity index (χ1) is 9.79. The van der Waals surface area contributed by atoms with Crippen LogP contribution in [0.2, 0.25) is 0 Å². The molecule has 0 saturated carbocycles. The van der Waals surface area contributed by atoms with Gasteiger partial charge in [0.2, 0.25) is 0 Å². The monoisotopic (exact) mass is 288 g/mol. The molecule has 0 unspecified atom stereocenters. The van der Waals surface area contributed by atoms with Crippen LogP contribution in [-0.4, -0.2) is 13.7 Å². The molecule has 0 spiro atoms. The summed E-state index contributed by atoms with van der Waals surface area (Å²) in [5.74, 6) is 0.848. The summed E-state index contributed by atoms with van der Waals surface area (Å²) >= 11 is 0. The van der Waals surface area contributed by atoms with Crippen LogP contribution < -0.4 is 16.6 Å². The summed E-state index contributed by atoms with van der Waals surface area (Å²) in [7, 11) is 1.66. The maximum absolute atomic E-state index is 6.15. The maximum Gasteiger partial charge on any atom is 0.118 e. The van der Waals surface area contributed by atoms with Gasteiger partial charge in [-0.15, -0.1) is 0 Å². The Morgan fingerprint density at radius 1 is 1.00 bits per heavy atom. The molecule has 2 rings (SSSR count). The Bertz CT molecular complexity index is 500. The lowest BCUT2D eigenvalue weighted by Gasteiger charge is -2.13. The van der Waals surface area contributed by atoms with Gasteiger partial charge in [-0.2, -0.15) is 0 Å². The van der Waals surface area contributed by atoms with Crippen molar-refractivity contribution in [3.8, 4) is 5.75 Å². The molecule has 0 saturated heterocycles. The Morgan fingerprint density at radius 2 is 1.67 bits per heavy atom. The van der Waals surface area contributed by atoms with Gasteiger partial charge in [-0.05, 0) is 29.7 Å². The lowest BCUT2D eigenvalue weighted by atomic mass is 10.1. The molecule has 0 fully saturated rings. The van der Waals surface area contributed by atoms with E-state index < -0.39 is 0 Å². The second-order valence-electron chi connectivity index (χ2n) is 4.71. The van der Waals surface area contributed by atoms with Crippen molar-refractivity contribution in [1.29, 1.82) is 0 Å². The van der Waals surface area contributed by atoms with Crippen LogP contribution in [-0.2, 0) is 11.3 Å². The van der Waals surface area contributed by atoms with Crippen molar-refractivity contribution in [2.75, 3.05) is 13.7 Å². The van der Waals surface area contributed by atoms with Gasteiger partial charge in [0.15, 0.2) is 0 Å². The molecule has 2 aromatic carbocycles. The van der Waals surface area contributed by atoms with Gasteiger partial charge in [-0.3, -0.25) is 0 Å². The third-order valence-electron chi connectivity index (χ3n) is 3.23. The topological polar surface area (TPSA) is 79.5 Å². The molecule has 0 heterocycles. The molecule has 0 amide bonds. The van der Waals surface area contributed by atoms with Gasteiger partial charge in [0.1, 0.15) is 5.75 Å². The van der Waals surface area contributed by atoms with E-state index in [1.54, 1.807) is 7.11 Å². The van der Waals surface area contributed by atoms with Gasteiger partial charge in [-0.1, -0.05) is 42.5 Å². The van der Waals surface area contributed by atoms with Crippen LogP contribution in [0.4, 0.5) is 0 Å². The number of ether oxygens (including phenoxy) is 2. The zero-order valence-electron chi connectivity index (χ0n) is 12.5. The average molecular weight is 288 g/mol. The summed E-state index contributed by atoms with van der Waals surface area (Å²) in [5, 5.41) is 0. The fourth-order valence-corrected chi connectivity index (χ4v) is 1.99. The van der Waals surface area contributed by atoms with Gasteiger partial charge < -0.3 is 21.4 Å². The molecule has 5 N–H and O–H groups in total. The number of hydrogen-bond donors (Lipinski definition) is 2. The second-order valence-corrected chi connectivity index (χ2v) is 4.71. The minimum atomic E-state index is -0.00307. The quantitative estimate of drug-likeness (QED) is 0.765. The smallest absolute Gasteiger partial charge is 0.118 e. The first-order valence-corrected chi connectivity index (χ1v) is 6.81. The van der Waals surface area contributed by atoms with Gasteiger partial charge in [0.25, 0.3) is 0 Å². The third kappa shape index (κ3) is 5.55. The number of hydrogen-bond acceptors (Lipinski definition) is 4. The average Bonchev–Trinajstić information content (AvgIpc) is 2.52. The normalized spacial score (nSPS) is 11.5. The highest BCUT2D eigenvalue weighted by Gasteiger charge is 2.06. The van der Waals surface area contributed by atoms with Crippen LogP contribution in [0.15, 0.2) is 54.6 Å². The summed E-state index contributed by atoms with van der Waals surface area (Å²) in [6, 6.07) is 18.0. The summed E-state index contributed by atoms with van der Waals surface area (Å²) in [5.41, 5.74) is 8.44. The van der Waals surface area contributed by atoms with Crippen molar-refractivity contribution in [3.63, 3.8) is 0 Å². The van der Waals surface area contributed by atoms with Gasteiger partial charge in [0.05, 0.1) is 13.7 Å². The molecule has 21 heavy (non-hydrogen) atoms. The van der Waals surface area contributed by atoms with E-state index in [4.69, 9.17) is 15.2 Å². The molecule has 0 aromatic heterocycles. The number of rotatable bonds is 7. The minimum absolute atomic E-state index is 0. The molecular formula is C17H24N2O2. The third-order valence-corrected chi connectivity index (χ3v) is 3.23. The molecule has 0 bridgehead atoms. The summed E-state index contributed by atoms with van der Waals surface area (Å²) in [6.07, 6.45) is 0.805. The summed E-state index contributed by atoms with van der Waals surface area (Å²) < 4.78 is 10.8.